The number of hydrogen-bond donors (Lipinski definition) is 1. The summed E-state index contributed by atoms with van der Waals surface area (Å²) in [5.74, 6) is 0. The fraction of sp³-hybridized carbons (Fsp3) is 0.444. The quantitative estimate of drug-likeness (QED) is 0.694. The summed E-state index contributed by atoms with van der Waals surface area (Å²) in [6.45, 7) is 1.25. The third kappa shape index (κ3) is 1.89. The normalized spacial score (nSPS) is 11.0. The van der Waals surface area contributed by atoms with Crippen LogP contribution in [0.3, 0.4) is 0 Å². The number of hydrogen-bond acceptors (Lipinski definition) is 4. The third-order valence-electron chi connectivity index (χ3n) is 2.21. The van der Waals surface area contributed by atoms with E-state index in [-0.39, 0.29) is 5.69 Å². The predicted octanol–water partition coefficient (Wildman–Crippen LogP) is -0.370. The second-order valence-electron chi connectivity index (χ2n) is 3.31. The first-order valence-electron chi connectivity index (χ1n) is 4.92. The molecule has 0 bridgehead atoms. The van der Waals surface area contributed by atoms with E-state index in [1.165, 1.54) is 9.08 Å². The van der Waals surface area contributed by atoms with Gasteiger partial charge >= 0.3 is 5.69 Å². The molecule has 0 aromatic carbocycles. The number of unbranched alkanes of at least 4 members (excludes halogenated alkanes) is 1. The van der Waals surface area contributed by atoms with E-state index in [0.717, 1.165) is 12.8 Å². The molecule has 2 aromatic heterocycles. The van der Waals surface area contributed by atoms with Crippen LogP contribution >= 0.6 is 0 Å². The monoisotopic (exact) mass is 207 g/mol. The van der Waals surface area contributed by atoms with Gasteiger partial charge in [-0.25, -0.2) is 13.9 Å². The fourth-order valence-corrected chi connectivity index (χ4v) is 1.43. The molecule has 6 heteroatoms. The molecule has 0 spiro atoms. The van der Waals surface area contributed by atoms with Crippen molar-refractivity contribution in [2.45, 2.75) is 19.4 Å². The first-order chi connectivity index (χ1) is 7.33. The Morgan fingerprint density at radius 2 is 2.27 bits per heavy atom. The van der Waals surface area contributed by atoms with Gasteiger partial charge in [-0.15, -0.1) is 5.10 Å². The zero-order valence-electron chi connectivity index (χ0n) is 8.33. The van der Waals surface area contributed by atoms with E-state index < -0.39 is 0 Å². The molecule has 0 radical (unpaired) electrons. The smallest absolute Gasteiger partial charge is 0.330 e. The fourth-order valence-electron chi connectivity index (χ4n) is 1.43. The molecule has 15 heavy (non-hydrogen) atoms. The van der Waals surface area contributed by atoms with Crippen LogP contribution in [0.25, 0.3) is 5.65 Å². The Balaban J connectivity index is 2.28. The van der Waals surface area contributed by atoms with E-state index in [9.17, 15) is 4.79 Å². The highest BCUT2D eigenvalue weighted by molar-refractivity contribution is 5.31. The molecule has 0 saturated heterocycles. The van der Waals surface area contributed by atoms with Crippen LogP contribution in [0.1, 0.15) is 12.8 Å². The molecule has 2 N–H and O–H groups in total. The van der Waals surface area contributed by atoms with Gasteiger partial charge in [-0.05, 0) is 19.4 Å². The molecule has 2 aromatic rings. The standard InChI is InChI=1S/C9H13N5O/c10-3-1-2-5-14-9(15)13-6-4-11-7-8(13)12-14/h4,6-7H,1-3,5,10H2. The van der Waals surface area contributed by atoms with Gasteiger partial charge in [0, 0.05) is 18.9 Å². The molecule has 6 nitrogen and oxygen atoms in total. The lowest BCUT2D eigenvalue weighted by Crippen LogP contribution is -2.21. The molecule has 0 atom stereocenters. The van der Waals surface area contributed by atoms with E-state index in [0.29, 0.717) is 18.7 Å². The minimum atomic E-state index is -0.121. The molecule has 0 saturated carbocycles. The number of nitrogens with zero attached hydrogens (tertiary/aromatic N) is 4. The van der Waals surface area contributed by atoms with Crippen LogP contribution < -0.4 is 11.4 Å². The van der Waals surface area contributed by atoms with Crippen LogP contribution in [0.15, 0.2) is 23.4 Å². The summed E-state index contributed by atoms with van der Waals surface area (Å²) < 4.78 is 2.93. The Bertz CT molecular complexity index is 500. The lowest BCUT2D eigenvalue weighted by Gasteiger charge is -1.96. The molecule has 0 unspecified atom stereocenters. The van der Waals surface area contributed by atoms with Gasteiger partial charge in [0.05, 0.1) is 6.20 Å². The molecular formula is C9H13N5O. The number of fused-ring (bicyclic) bond motifs is 1. The SMILES string of the molecule is NCCCCn1nc2cnccn2c1=O. The zero-order chi connectivity index (χ0) is 10.7. The summed E-state index contributed by atoms with van der Waals surface area (Å²) in [5.41, 5.74) is 5.84. The zero-order valence-corrected chi connectivity index (χ0v) is 8.33. The average Bonchev–Trinajstić information content (AvgIpc) is 2.57. The Labute approximate surface area is 86.3 Å². The Hall–Kier alpha value is -1.69. The topological polar surface area (TPSA) is 78.2 Å². The van der Waals surface area contributed by atoms with Gasteiger partial charge in [0.1, 0.15) is 0 Å². The summed E-state index contributed by atoms with van der Waals surface area (Å²) in [6.07, 6.45) is 6.53. The molecule has 0 aliphatic rings. The first kappa shape index (κ1) is 9.85. The average molecular weight is 207 g/mol. The van der Waals surface area contributed by atoms with Gasteiger partial charge in [0.15, 0.2) is 5.65 Å². The minimum Gasteiger partial charge on any atom is -0.330 e. The van der Waals surface area contributed by atoms with Gasteiger partial charge < -0.3 is 5.73 Å². The van der Waals surface area contributed by atoms with Crippen molar-refractivity contribution in [3.63, 3.8) is 0 Å². The van der Waals surface area contributed by atoms with Crippen molar-refractivity contribution in [3.05, 3.63) is 29.1 Å². The maximum Gasteiger partial charge on any atom is 0.350 e. The van der Waals surface area contributed by atoms with Crippen molar-refractivity contribution >= 4 is 5.65 Å². The van der Waals surface area contributed by atoms with Crippen molar-refractivity contribution in [3.8, 4) is 0 Å². The summed E-state index contributed by atoms with van der Waals surface area (Å²) in [7, 11) is 0. The van der Waals surface area contributed by atoms with Crippen LogP contribution in [-0.2, 0) is 6.54 Å². The Kier molecular flexibility index (Phi) is 2.77. The Morgan fingerprint density at radius 1 is 1.40 bits per heavy atom. The van der Waals surface area contributed by atoms with Crippen molar-refractivity contribution in [2.24, 2.45) is 5.73 Å². The minimum absolute atomic E-state index is 0.121. The van der Waals surface area contributed by atoms with E-state index in [1.807, 2.05) is 0 Å². The second kappa shape index (κ2) is 4.22. The van der Waals surface area contributed by atoms with Crippen molar-refractivity contribution in [2.75, 3.05) is 6.54 Å². The maximum absolute atomic E-state index is 11.7. The van der Waals surface area contributed by atoms with Gasteiger partial charge in [-0.1, -0.05) is 0 Å². The van der Waals surface area contributed by atoms with Gasteiger partial charge in [0.2, 0.25) is 0 Å². The maximum atomic E-state index is 11.7. The lowest BCUT2D eigenvalue weighted by atomic mass is 10.3. The number of aryl methyl sites for hydroxylation is 1. The van der Waals surface area contributed by atoms with Crippen LogP contribution in [0.5, 0.6) is 0 Å². The number of rotatable bonds is 4. The van der Waals surface area contributed by atoms with E-state index in [1.54, 1.807) is 18.6 Å². The summed E-state index contributed by atoms with van der Waals surface area (Å²) in [4.78, 5) is 15.6. The molecular weight excluding hydrogens is 194 g/mol. The summed E-state index contributed by atoms with van der Waals surface area (Å²) in [6, 6.07) is 0. The highest BCUT2D eigenvalue weighted by atomic mass is 16.2. The highest BCUT2D eigenvalue weighted by Crippen LogP contribution is 1.94. The van der Waals surface area contributed by atoms with E-state index >= 15 is 0 Å². The van der Waals surface area contributed by atoms with E-state index in [4.69, 9.17) is 5.73 Å². The molecule has 2 heterocycles. The Morgan fingerprint density at radius 3 is 3.00 bits per heavy atom. The van der Waals surface area contributed by atoms with Crippen molar-refractivity contribution < 1.29 is 0 Å². The van der Waals surface area contributed by atoms with Crippen molar-refractivity contribution in [1.82, 2.24) is 19.2 Å². The molecule has 2 rings (SSSR count). The number of aromatic nitrogens is 4. The van der Waals surface area contributed by atoms with Crippen LogP contribution in [-0.4, -0.2) is 25.7 Å². The van der Waals surface area contributed by atoms with Crippen molar-refractivity contribution in [1.29, 1.82) is 0 Å². The highest BCUT2D eigenvalue weighted by Gasteiger charge is 2.04. The van der Waals surface area contributed by atoms with Gasteiger partial charge in [0.25, 0.3) is 0 Å². The molecule has 0 amide bonds. The molecule has 0 aliphatic heterocycles. The first-order valence-corrected chi connectivity index (χ1v) is 4.92. The number of nitrogens with two attached hydrogens (primary N) is 1. The van der Waals surface area contributed by atoms with Crippen LogP contribution in [0, 0.1) is 0 Å². The summed E-state index contributed by atoms with van der Waals surface area (Å²) in [5, 5.41) is 4.15. The van der Waals surface area contributed by atoms with Crippen LogP contribution in [0.4, 0.5) is 0 Å². The third-order valence-corrected chi connectivity index (χ3v) is 2.21. The van der Waals surface area contributed by atoms with Gasteiger partial charge in [-0.2, -0.15) is 0 Å². The second-order valence-corrected chi connectivity index (χ2v) is 3.31. The summed E-state index contributed by atoms with van der Waals surface area (Å²) >= 11 is 0. The van der Waals surface area contributed by atoms with E-state index in [2.05, 4.69) is 10.1 Å². The van der Waals surface area contributed by atoms with Crippen LogP contribution in [0.2, 0.25) is 0 Å². The predicted molar refractivity (Wildman–Crippen MR) is 55.5 cm³/mol. The lowest BCUT2D eigenvalue weighted by molar-refractivity contribution is 0.545. The van der Waals surface area contributed by atoms with Gasteiger partial charge in [-0.3, -0.25) is 4.98 Å². The molecule has 0 aliphatic carbocycles. The molecule has 80 valence electrons. The molecule has 0 fully saturated rings. The largest absolute Gasteiger partial charge is 0.350 e.